The molecule has 1 aliphatic carbocycles. The van der Waals surface area contributed by atoms with Crippen LogP contribution in [0.15, 0.2) is 127 Å². The van der Waals surface area contributed by atoms with Crippen molar-refractivity contribution in [2.24, 2.45) is 0 Å². The van der Waals surface area contributed by atoms with E-state index >= 15 is 0 Å². The Bertz CT molecular complexity index is 2030. The van der Waals surface area contributed by atoms with E-state index in [0.717, 1.165) is 41.0 Å². The van der Waals surface area contributed by atoms with E-state index in [9.17, 15) is 40.5 Å². The molecule has 0 saturated carbocycles. The van der Waals surface area contributed by atoms with Crippen LogP contribution in [0.4, 0.5) is 22.7 Å². The zero-order chi connectivity index (χ0) is 33.2. The molecule has 0 bridgehead atoms. The first-order valence-electron chi connectivity index (χ1n) is 13.9. The number of nitro benzene ring substituents is 4. The Morgan fingerprint density at radius 2 is 0.957 bits per heavy atom. The van der Waals surface area contributed by atoms with Gasteiger partial charge in [0.2, 0.25) is 0 Å². The summed E-state index contributed by atoms with van der Waals surface area (Å²) in [6.45, 7) is 0. The van der Waals surface area contributed by atoms with Crippen molar-refractivity contribution in [2.75, 3.05) is 0 Å². The van der Waals surface area contributed by atoms with Crippen molar-refractivity contribution in [1.29, 1.82) is 0 Å². The second kappa shape index (κ2) is 12.2. The summed E-state index contributed by atoms with van der Waals surface area (Å²) in [4.78, 5) is 44.1. The van der Waals surface area contributed by atoms with E-state index in [1.807, 2.05) is 72.8 Å². The Balaban J connectivity index is 1.50. The van der Waals surface area contributed by atoms with Crippen LogP contribution in [0.1, 0.15) is 22.3 Å². The molecule has 6 rings (SSSR count). The summed E-state index contributed by atoms with van der Waals surface area (Å²) in [7, 11) is 0. The largest absolute Gasteiger partial charge is 0.456 e. The SMILES string of the molecule is O=[N+]([O-])c1cc2c(c([N+](=O)[O-])c1)-c1c(cc([N+](=O)[O-])cc1[N+](=O)[O-])C2=C/C=C/C=C1C=C(c2ccccc2)OC(c2ccccc2)=C1. The molecule has 0 N–H and O–H groups in total. The maximum atomic E-state index is 12.0. The van der Waals surface area contributed by atoms with Gasteiger partial charge in [0, 0.05) is 34.4 Å². The maximum Gasteiger partial charge on any atom is 0.284 e. The molecule has 47 heavy (non-hydrogen) atoms. The first-order chi connectivity index (χ1) is 22.6. The van der Waals surface area contributed by atoms with Crippen LogP contribution in [0, 0.1) is 40.5 Å². The highest BCUT2D eigenvalue weighted by Gasteiger charge is 2.40. The quantitative estimate of drug-likeness (QED) is 0.120. The van der Waals surface area contributed by atoms with Gasteiger partial charge < -0.3 is 4.74 Å². The number of nitrogens with zero attached hydrogens (tertiary/aromatic N) is 4. The topological polar surface area (TPSA) is 182 Å². The zero-order valence-corrected chi connectivity index (χ0v) is 24.0. The summed E-state index contributed by atoms with van der Waals surface area (Å²) in [5.41, 5.74) is -0.694. The lowest BCUT2D eigenvalue weighted by molar-refractivity contribution is -0.395. The van der Waals surface area contributed by atoms with Gasteiger partial charge in [0.15, 0.2) is 0 Å². The Kier molecular flexibility index (Phi) is 7.77. The molecule has 0 aromatic heterocycles. The van der Waals surface area contributed by atoms with Gasteiger partial charge in [-0.25, -0.2) is 0 Å². The summed E-state index contributed by atoms with van der Waals surface area (Å²) in [5, 5.41) is 47.5. The fourth-order valence-electron chi connectivity index (χ4n) is 5.42. The van der Waals surface area contributed by atoms with Gasteiger partial charge >= 0.3 is 0 Å². The lowest BCUT2D eigenvalue weighted by atomic mass is 10.0. The molecule has 0 saturated heterocycles. The van der Waals surface area contributed by atoms with E-state index in [4.69, 9.17) is 4.74 Å². The predicted octanol–water partition coefficient (Wildman–Crippen LogP) is 8.33. The number of non-ortho nitro benzene ring substituents is 2. The minimum absolute atomic E-state index is 0.0367. The standard InChI is InChI=1S/C34H20N4O9/c39-35(40)24-17-27-26(28-18-25(36(41)42)20-30(38(45)46)34(28)33(27)29(19-24)37(43)44)14-8-7-9-21-15-31(22-10-3-1-4-11-22)47-32(16-21)23-12-5-2-6-13-23/h1-20H/b8-7+. The second-order valence-electron chi connectivity index (χ2n) is 10.3. The first kappa shape index (κ1) is 30.0. The van der Waals surface area contributed by atoms with E-state index in [0.29, 0.717) is 11.5 Å². The molecule has 2 aliphatic rings. The van der Waals surface area contributed by atoms with Gasteiger partial charge in [-0.1, -0.05) is 85.0 Å². The smallest absolute Gasteiger partial charge is 0.284 e. The highest BCUT2D eigenvalue weighted by molar-refractivity contribution is 6.08. The number of rotatable bonds is 8. The fraction of sp³-hybridized carbons (Fsp3) is 0. The zero-order valence-electron chi connectivity index (χ0n) is 24.0. The van der Waals surface area contributed by atoms with E-state index in [2.05, 4.69) is 0 Å². The molecule has 4 aromatic carbocycles. The van der Waals surface area contributed by atoms with Crippen LogP contribution in [-0.2, 0) is 4.74 Å². The van der Waals surface area contributed by atoms with E-state index in [-0.39, 0.29) is 27.8 Å². The normalized spacial score (nSPS) is 13.2. The molecule has 0 spiro atoms. The van der Waals surface area contributed by atoms with Crippen molar-refractivity contribution in [3.63, 3.8) is 0 Å². The highest BCUT2D eigenvalue weighted by atomic mass is 16.6. The summed E-state index contributed by atoms with van der Waals surface area (Å²) >= 11 is 0. The van der Waals surface area contributed by atoms with Crippen molar-refractivity contribution in [1.82, 2.24) is 0 Å². The lowest BCUT2D eigenvalue weighted by Crippen LogP contribution is -1.99. The predicted molar refractivity (Wildman–Crippen MR) is 173 cm³/mol. The van der Waals surface area contributed by atoms with Crippen molar-refractivity contribution in [3.8, 4) is 11.1 Å². The van der Waals surface area contributed by atoms with Gasteiger partial charge in [-0.05, 0) is 23.3 Å². The van der Waals surface area contributed by atoms with Crippen molar-refractivity contribution in [2.45, 2.75) is 0 Å². The number of nitro groups is 4. The van der Waals surface area contributed by atoms with Crippen LogP contribution in [-0.4, -0.2) is 19.7 Å². The molecule has 0 atom stereocenters. The highest BCUT2D eigenvalue weighted by Crippen LogP contribution is 2.54. The van der Waals surface area contributed by atoms with Gasteiger partial charge in [0.1, 0.15) is 11.5 Å². The minimum atomic E-state index is -0.873. The Labute approximate surface area is 265 Å². The van der Waals surface area contributed by atoms with Crippen molar-refractivity contribution in [3.05, 3.63) is 190 Å². The molecule has 0 radical (unpaired) electrons. The monoisotopic (exact) mass is 628 g/mol. The molecule has 1 heterocycles. The summed E-state index contributed by atoms with van der Waals surface area (Å²) in [6, 6.07) is 22.5. The minimum Gasteiger partial charge on any atom is -0.456 e. The number of hydrogen-bond donors (Lipinski definition) is 0. The molecule has 0 fully saturated rings. The van der Waals surface area contributed by atoms with Crippen LogP contribution in [0.5, 0.6) is 0 Å². The molecular weight excluding hydrogens is 608 g/mol. The summed E-state index contributed by atoms with van der Waals surface area (Å²) < 4.78 is 6.20. The fourth-order valence-corrected chi connectivity index (χ4v) is 5.42. The third kappa shape index (κ3) is 5.79. The van der Waals surface area contributed by atoms with Crippen molar-refractivity contribution < 1.29 is 24.4 Å². The van der Waals surface area contributed by atoms with Crippen LogP contribution in [0.3, 0.4) is 0 Å². The number of allylic oxidation sites excluding steroid dienone is 7. The molecular formula is C34H20N4O9. The summed E-state index contributed by atoms with van der Waals surface area (Å²) in [6.07, 6.45) is 10.1. The van der Waals surface area contributed by atoms with E-state index in [1.165, 1.54) is 12.2 Å². The van der Waals surface area contributed by atoms with Crippen LogP contribution < -0.4 is 0 Å². The number of benzene rings is 4. The van der Waals surface area contributed by atoms with Crippen LogP contribution in [0.2, 0.25) is 0 Å². The average Bonchev–Trinajstić information content (AvgIpc) is 3.39. The van der Waals surface area contributed by atoms with Crippen LogP contribution >= 0.6 is 0 Å². The molecule has 0 amide bonds. The molecule has 0 unspecified atom stereocenters. The molecule has 4 aromatic rings. The molecule has 230 valence electrons. The Morgan fingerprint density at radius 3 is 1.36 bits per heavy atom. The van der Waals surface area contributed by atoms with E-state index < -0.39 is 42.4 Å². The molecule has 13 heteroatoms. The lowest BCUT2D eigenvalue weighted by Gasteiger charge is -2.18. The Morgan fingerprint density at radius 1 is 0.532 bits per heavy atom. The maximum absolute atomic E-state index is 12.0. The molecule has 1 aliphatic heterocycles. The van der Waals surface area contributed by atoms with Gasteiger partial charge in [-0.2, -0.15) is 0 Å². The van der Waals surface area contributed by atoms with Crippen molar-refractivity contribution >= 4 is 39.8 Å². The van der Waals surface area contributed by atoms with Gasteiger partial charge in [-0.15, -0.1) is 0 Å². The van der Waals surface area contributed by atoms with E-state index in [1.54, 1.807) is 12.2 Å². The van der Waals surface area contributed by atoms with Gasteiger partial charge in [0.05, 0.1) is 43.0 Å². The third-order valence-electron chi connectivity index (χ3n) is 7.44. The third-order valence-corrected chi connectivity index (χ3v) is 7.44. The Hall–Kier alpha value is -7.02. The molecule has 13 nitrogen and oxygen atoms in total. The average molecular weight is 629 g/mol. The van der Waals surface area contributed by atoms with Crippen LogP contribution in [0.25, 0.3) is 28.2 Å². The first-order valence-corrected chi connectivity index (χ1v) is 13.9. The number of ether oxygens (including phenoxy) is 1. The second-order valence-corrected chi connectivity index (χ2v) is 10.3. The number of fused-ring (bicyclic) bond motifs is 3. The van der Waals surface area contributed by atoms with Gasteiger partial charge in [-0.3, -0.25) is 40.5 Å². The summed E-state index contributed by atoms with van der Waals surface area (Å²) in [5.74, 6) is 1.20. The number of hydrogen-bond acceptors (Lipinski definition) is 9. The van der Waals surface area contributed by atoms with Gasteiger partial charge in [0.25, 0.3) is 22.7 Å².